The number of rotatable bonds is 5. The Labute approximate surface area is 124 Å². The fraction of sp³-hybridized carbons (Fsp3) is 0.429. The fourth-order valence-corrected chi connectivity index (χ4v) is 2.68. The number of nitrogens with one attached hydrogen (secondary N) is 1. The van der Waals surface area contributed by atoms with Crippen LogP contribution in [0.1, 0.15) is 31.2 Å². The first-order chi connectivity index (χ1) is 9.40. The molecule has 1 aliphatic carbocycles. The van der Waals surface area contributed by atoms with Crippen molar-refractivity contribution >= 4 is 27.8 Å². The van der Waals surface area contributed by atoms with E-state index in [4.69, 9.17) is 0 Å². The maximum Gasteiger partial charge on any atom is 0.311 e. The molecule has 1 fully saturated rings. The second-order valence-electron chi connectivity index (χ2n) is 5.05. The Kier molecular flexibility index (Phi) is 4.42. The molecule has 1 aromatic rings. The number of carbonyl (C=O) groups is 2. The summed E-state index contributed by atoms with van der Waals surface area (Å²) in [7, 11) is 0. The lowest BCUT2D eigenvalue weighted by atomic mass is 9.86. The molecule has 4 nitrogen and oxygen atoms in total. The Morgan fingerprint density at radius 3 is 2.60 bits per heavy atom. The van der Waals surface area contributed by atoms with Crippen LogP contribution in [0.4, 0.5) is 4.39 Å². The highest BCUT2D eigenvalue weighted by Gasteiger charge is 2.35. The first-order valence-electron chi connectivity index (χ1n) is 6.38. The Hall–Kier alpha value is -1.43. The minimum absolute atomic E-state index is 0.177. The van der Waals surface area contributed by atoms with Crippen LogP contribution in [-0.4, -0.2) is 23.0 Å². The van der Waals surface area contributed by atoms with Crippen molar-refractivity contribution in [2.75, 3.05) is 0 Å². The van der Waals surface area contributed by atoms with Crippen LogP contribution >= 0.6 is 15.9 Å². The molecule has 108 valence electrons. The van der Waals surface area contributed by atoms with Gasteiger partial charge >= 0.3 is 5.97 Å². The van der Waals surface area contributed by atoms with Gasteiger partial charge < -0.3 is 10.4 Å². The van der Waals surface area contributed by atoms with Crippen LogP contribution in [-0.2, 0) is 9.59 Å². The van der Waals surface area contributed by atoms with Gasteiger partial charge in [-0.15, -0.1) is 0 Å². The standard InChI is InChI=1S/C14H15BrFNO3/c1-7(13(18)17-9-3-4-9)12(14(19)20)10-5-2-8(16)6-11(10)15/h2,5-7,9,12H,3-4H2,1H3,(H,17,18)(H,19,20). The Balaban J connectivity index is 2.25. The van der Waals surface area contributed by atoms with Crippen LogP contribution in [0.25, 0.3) is 0 Å². The third-order valence-electron chi connectivity index (χ3n) is 3.40. The summed E-state index contributed by atoms with van der Waals surface area (Å²) in [5.41, 5.74) is 0.400. The van der Waals surface area contributed by atoms with E-state index in [1.165, 1.54) is 18.2 Å². The van der Waals surface area contributed by atoms with Gasteiger partial charge in [0, 0.05) is 10.5 Å². The Morgan fingerprint density at radius 1 is 1.45 bits per heavy atom. The van der Waals surface area contributed by atoms with Gasteiger partial charge in [-0.25, -0.2) is 4.39 Å². The average molecular weight is 344 g/mol. The number of halogens is 2. The minimum atomic E-state index is -1.10. The molecule has 0 spiro atoms. The van der Waals surface area contributed by atoms with Crippen LogP contribution in [0.5, 0.6) is 0 Å². The van der Waals surface area contributed by atoms with Gasteiger partial charge in [0.1, 0.15) is 5.82 Å². The SMILES string of the molecule is CC(C(=O)NC1CC1)C(C(=O)O)c1ccc(F)cc1Br. The third-order valence-corrected chi connectivity index (χ3v) is 4.09. The Morgan fingerprint density at radius 2 is 2.10 bits per heavy atom. The van der Waals surface area contributed by atoms with Gasteiger partial charge in [0.25, 0.3) is 0 Å². The van der Waals surface area contributed by atoms with Crippen molar-refractivity contribution in [2.24, 2.45) is 5.92 Å². The largest absolute Gasteiger partial charge is 0.481 e. The highest BCUT2D eigenvalue weighted by atomic mass is 79.9. The van der Waals surface area contributed by atoms with Crippen molar-refractivity contribution in [3.05, 3.63) is 34.1 Å². The topological polar surface area (TPSA) is 66.4 Å². The van der Waals surface area contributed by atoms with Crippen LogP contribution < -0.4 is 5.32 Å². The molecule has 0 bridgehead atoms. The van der Waals surface area contributed by atoms with Gasteiger partial charge in [-0.1, -0.05) is 28.9 Å². The van der Waals surface area contributed by atoms with E-state index in [-0.39, 0.29) is 11.9 Å². The summed E-state index contributed by atoms with van der Waals surface area (Å²) < 4.78 is 13.5. The lowest BCUT2D eigenvalue weighted by Gasteiger charge is -2.21. The van der Waals surface area contributed by atoms with E-state index in [2.05, 4.69) is 21.2 Å². The van der Waals surface area contributed by atoms with E-state index < -0.39 is 23.6 Å². The molecule has 1 amide bonds. The number of carbonyl (C=O) groups excluding carboxylic acids is 1. The number of aliphatic carboxylic acids is 1. The zero-order chi connectivity index (χ0) is 14.9. The average Bonchev–Trinajstić information content (AvgIpc) is 3.15. The van der Waals surface area contributed by atoms with E-state index >= 15 is 0 Å². The van der Waals surface area contributed by atoms with Crippen molar-refractivity contribution in [2.45, 2.75) is 31.7 Å². The van der Waals surface area contributed by atoms with Crippen LogP contribution in [0.2, 0.25) is 0 Å². The molecule has 2 unspecified atom stereocenters. The van der Waals surface area contributed by atoms with E-state index in [1.807, 2.05) is 0 Å². The maximum atomic E-state index is 13.1. The van der Waals surface area contributed by atoms with Crippen molar-refractivity contribution in [3.63, 3.8) is 0 Å². The summed E-state index contributed by atoms with van der Waals surface area (Å²) in [5, 5.41) is 12.2. The molecular weight excluding hydrogens is 329 g/mol. The van der Waals surface area contributed by atoms with E-state index in [1.54, 1.807) is 6.92 Å². The van der Waals surface area contributed by atoms with Gasteiger partial charge in [0.05, 0.1) is 11.8 Å². The monoisotopic (exact) mass is 343 g/mol. The van der Waals surface area contributed by atoms with Gasteiger partial charge in [-0.05, 0) is 30.5 Å². The summed E-state index contributed by atoms with van der Waals surface area (Å²) in [6.07, 6.45) is 1.88. The maximum absolute atomic E-state index is 13.1. The van der Waals surface area contributed by atoms with Crippen LogP contribution in [0, 0.1) is 11.7 Å². The highest BCUT2D eigenvalue weighted by molar-refractivity contribution is 9.10. The lowest BCUT2D eigenvalue weighted by molar-refractivity contribution is -0.143. The van der Waals surface area contributed by atoms with E-state index in [0.717, 1.165) is 12.8 Å². The number of hydrogen-bond acceptors (Lipinski definition) is 2. The molecule has 1 saturated carbocycles. The number of carboxylic acid groups (broad SMARTS) is 1. The minimum Gasteiger partial charge on any atom is -0.481 e. The lowest BCUT2D eigenvalue weighted by Crippen LogP contribution is -2.36. The molecule has 0 aromatic heterocycles. The second kappa shape index (κ2) is 5.91. The summed E-state index contributed by atoms with van der Waals surface area (Å²) >= 11 is 3.16. The first kappa shape index (κ1) is 15.0. The second-order valence-corrected chi connectivity index (χ2v) is 5.91. The zero-order valence-corrected chi connectivity index (χ0v) is 12.5. The van der Waals surface area contributed by atoms with Crippen molar-refractivity contribution in [1.29, 1.82) is 0 Å². The molecule has 2 N–H and O–H groups in total. The molecule has 6 heteroatoms. The van der Waals surface area contributed by atoms with E-state index in [9.17, 15) is 19.1 Å². The molecule has 0 heterocycles. The molecule has 20 heavy (non-hydrogen) atoms. The highest BCUT2D eigenvalue weighted by Crippen LogP contribution is 2.32. The van der Waals surface area contributed by atoms with Gasteiger partial charge in [-0.2, -0.15) is 0 Å². The number of hydrogen-bond donors (Lipinski definition) is 2. The molecule has 2 rings (SSSR count). The predicted octanol–water partition coefficient (Wildman–Crippen LogP) is 2.67. The van der Waals surface area contributed by atoms with Gasteiger partial charge in [0.2, 0.25) is 5.91 Å². The van der Waals surface area contributed by atoms with Crippen molar-refractivity contribution in [1.82, 2.24) is 5.32 Å². The van der Waals surface area contributed by atoms with Crippen molar-refractivity contribution in [3.8, 4) is 0 Å². The summed E-state index contributed by atoms with van der Waals surface area (Å²) in [5.74, 6) is -3.58. The predicted molar refractivity (Wildman–Crippen MR) is 74.8 cm³/mol. The van der Waals surface area contributed by atoms with Gasteiger partial charge in [-0.3, -0.25) is 9.59 Å². The van der Waals surface area contributed by atoms with Crippen molar-refractivity contribution < 1.29 is 19.1 Å². The third kappa shape index (κ3) is 3.36. The Bertz CT molecular complexity index is 545. The van der Waals surface area contributed by atoms with Crippen LogP contribution in [0.3, 0.4) is 0 Å². The van der Waals surface area contributed by atoms with Crippen LogP contribution in [0.15, 0.2) is 22.7 Å². The molecule has 0 saturated heterocycles. The molecule has 2 atom stereocenters. The van der Waals surface area contributed by atoms with E-state index in [0.29, 0.717) is 10.0 Å². The molecule has 0 aliphatic heterocycles. The molecule has 1 aromatic carbocycles. The summed E-state index contributed by atoms with van der Waals surface area (Å²) in [4.78, 5) is 23.5. The molecular formula is C14H15BrFNO3. The fourth-order valence-electron chi connectivity index (χ4n) is 2.08. The smallest absolute Gasteiger partial charge is 0.311 e. The summed E-state index contributed by atoms with van der Waals surface area (Å²) in [6.45, 7) is 1.58. The number of amides is 1. The zero-order valence-electron chi connectivity index (χ0n) is 10.9. The quantitative estimate of drug-likeness (QED) is 0.863. The summed E-state index contributed by atoms with van der Waals surface area (Å²) in [6, 6.07) is 3.98. The molecule has 1 aliphatic rings. The number of benzene rings is 1. The van der Waals surface area contributed by atoms with Gasteiger partial charge in [0.15, 0.2) is 0 Å². The number of carboxylic acids is 1. The normalized spacial score (nSPS) is 17.4. The molecule has 0 radical (unpaired) electrons. The first-order valence-corrected chi connectivity index (χ1v) is 7.17.